The van der Waals surface area contributed by atoms with Gasteiger partial charge in [0, 0.05) is 26.3 Å². The molecule has 0 aliphatic heterocycles. The molecule has 1 aliphatic rings. The fraction of sp³-hybridized carbons (Fsp3) is 0.105. The molecular weight excluding hydrogens is 434 g/mol. The molecule has 3 aromatic rings. The minimum absolute atomic E-state index is 0. The fourth-order valence-electron chi connectivity index (χ4n) is 2.94. The topological polar surface area (TPSA) is 12.9 Å². The van der Waals surface area contributed by atoms with Gasteiger partial charge in [0.2, 0.25) is 0 Å². The van der Waals surface area contributed by atoms with E-state index in [0.717, 1.165) is 17.7 Å². The van der Waals surface area contributed by atoms with Crippen LogP contribution in [0, 0.1) is 13.0 Å². The van der Waals surface area contributed by atoms with Gasteiger partial charge in [0.1, 0.15) is 0 Å². The molecule has 0 saturated carbocycles. The maximum Gasteiger partial charge on any atom is 0.0160 e. The van der Waals surface area contributed by atoms with E-state index in [2.05, 4.69) is 48.3 Å². The van der Waals surface area contributed by atoms with Gasteiger partial charge in [-0.05, 0) is 30.7 Å². The van der Waals surface area contributed by atoms with Crippen LogP contribution in [0.1, 0.15) is 16.7 Å². The van der Waals surface area contributed by atoms with Gasteiger partial charge in [0.25, 0.3) is 0 Å². The third kappa shape index (κ3) is 2.46. The van der Waals surface area contributed by atoms with Crippen LogP contribution in [0.5, 0.6) is 0 Å². The second kappa shape index (κ2) is 5.55. The number of pyridine rings is 1. The zero-order valence-corrected chi connectivity index (χ0v) is 14.1. The first-order valence-corrected chi connectivity index (χ1v) is 6.87. The zero-order valence-electron chi connectivity index (χ0n) is 11.7. The first kappa shape index (κ1) is 14.2. The quantitative estimate of drug-likeness (QED) is 0.393. The summed E-state index contributed by atoms with van der Waals surface area (Å²) in [6.45, 7) is 2.15. The van der Waals surface area contributed by atoms with Crippen molar-refractivity contribution in [3.63, 3.8) is 0 Å². The predicted molar refractivity (Wildman–Crippen MR) is 81.5 cm³/mol. The minimum atomic E-state index is 0. The Morgan fingerprint density at radius 3 is 2.67 bits per heavy atom. The molecule has 4 rings (SSSR count). The maximum atomic E-state index is 4.41. The summed E-state index contributed by atoms with van der Waals surface area (Å²) in [5.41, 5.74) is 8.87. The normalized spacial score (nSPS) is 11.5. The van der Waals surface area contributed by atoms with Gasteiger partial charge in [-0.25, -0.2) is 0 Å². The number of benzene rings is 2. The van der Waals surface area contributed by atoms with Gasteiger partial charge in [0.15, 0.2) is 0 Å². The van der Waals surface area contributed by atoms with Crippen LogP contribution in [0.25, 0.3) is 22.4 Å². The number of fused-ring (bicyclic) bond motifs is 3. The van der Waals surface area contributed by atoms with Crippen LogP contribution in [0.15, 0.2) is 54.7 Å². The van der Waals surface area contributed by atoms with Crippen LogP contribution in [-0.2, 0) is 26.5 Å². The molecule has 1 nitrogen and oxygen atoms in total. The summed E-state index contributed by atoms with van der Waals surface area (Å²) in [7, 11) is 0. The van der Waals surface area contributed by atoms with E-state index in [4.69, 9.17) is 0 Å². The monoisotopic (exact) mass is 449 g/mol. The van der Waals surface area contributed by atoms with E-state index in [1.54, 1.807) is 0 Å². The van der Waals surface area contributed by atoms with E-state index in [1.165, 1.54) is 27.8 Å². The number of hydrogen-bond donors (Lipinski definition) is 0. The number of hydrogen-bond acceptors (Lipinski definition) is 1. The first-order valence-electron chi connectivity index (χ1n) is 6.87. The zero-order chi connectivity index (χ0) is 13.5. The molecule has 1 radical (unpaired) electrons. The molecule has 0 spiro atoms. The molecule has 0 unspecified atom stereocenters. The Morgan fingerprint density at radius 1 is 1.00 bits per heavy atom. The van der Waals surface area contributed by atoms with Gasteiger partial charge in [-0.15, -0.1) is 29.3 Å². The van der Waals surface area contributed by atoms with Crippen molar-refractivity contribution in [3.8, 4) is 22.4 Å². The van der Waals surface area contributed by atoms with Crippen molar-refractivity contribution in [2.45, 2.75) is 13.3 Å². The van der Waals surface area contributed by atoms with Crippen molar-refractivity contribution < 1.29 is 20.1 Å². The molecule has 105 valence electrons. The largest absolute Gasteiger partial charge is 0.305 e. The van der Waals surface area contributed by atoms with Crippen LogP contribution in [0.3, 0.4) is 0 Å². The molecule has 2 heteroatoms. The van der Waals surface area contributed by atoms with E-state index < -0.39 is 0 Å². The van der Waals surface area contributed by atoms with Gasteiger partial charge in [-0.2, -0.15) is 0 Å². The Morgan fingerprint density at radius 2 is 1.86 bits per heavy atom. The van der Waals surface area contributed by atoms with Crippen molar-refractivity contribution in [2.75, 3.05) is 0 Å². The molecule has 0 saturated heterocycles. The second-order valence-electron chi connectivity index (χ2n) is 5.34. The molecule has 0 bridgehead atoms. The molecule has 0 atom stereocenters. The summed E-state index contributed by atoms with van der Waals surface area (Å²) in [6, 6.07) is 20.4. The van der Waals surface area contributed by atoms with Gasteiger partial charge >= 0.3 is 0 Å². The Kier molecular flexibility index (Phi) is 3.75. The third-order valence-corrected chi connectivity index (χ3v) is 3.91. The second-order valence-corrected chi connectivity index (χ2v) is 5.34. The number of aromatic nitrogens is 1. The van der Waals surface area contributed by atoms with Crippen molar-refractivity contribution >= 4 is 0 Å². The SMILES string of the molecule is Cc1ccc2c(c1)Cc1cc(-c3ccccn3)[c-]cc1-2.[Ir]. The summed E-state index contributed by atoms with van der Waals surface area (Å²) in [5.74, 6) is 0. The van der Waals surface area contributed by atoms with Crippen molar-refractivity contribution in [1.29, 1.82) is 0 Å². The number of nitrogens with zero attached hydrogens (tertiary/aromatic N) is 1. The van der Waals surface area contributed by atoms with Crippen molar-refractivity contribution in [2.24, 2.45) is 0 Å². The minimum Gasteiger partial charge on any atom is -0.305 e. The van der Waals surface area contributed by atoms with Crippen molar-refractivity contribution in [1.82, 2.24) is 4.98 Å². The maximum absolute atomic E-state index is 4.41. The van der Waals surface area contributed by atoms with Gasteiger partial charge in [-0.1, -0.05) is 47.0 Å². The molecule has 21 heavy (non-hydrogen) atoms. The first-order chi connectivity index (χ1) is 9.81. The summed E-state index contributed by atoms with van der Waals surface area (Å²) in [5, 5.41) is 0. The van der Waals surface area contributed by atoms with Crippen LogP contribution in [-0.4, -0.2) is 4.98 Å². The van der Waals surface area contributed by atoms with E-state index in [-0.39, 0.29) is 20.1 Å². The van der Waals surface area contributed by atoms with E-state index in [0.29, 0.717) is 0 Å². The summed E-state index contributed by atoms with van der Waals surface area (Å²) < 4.78 is 0. The Labute approximate surface area is 138 Å². The molecule has 2 aromatic carbocycles. The number of aryl methyl sites for hydroxylation is 1. The third-order valence-electron chi connectivity index (χ3n) is 3.91. The molecular formula is C19H14IrN-. The summed E-state index contributed by atoms with van der Waals surface area (Å²) >= 11 is 0. The van der Waals surface area contributed by atoms with Crippen LogP contribution in [0.2, 0.25) is 0 Å². The summed E-state index contributed by atoms with van der Waals surface area (Å²) in [4.78, 5) is 4.41. The van der Waals surface area contributed by atoms with E-state index >= 15 is 0 Å². The Bertz CT molecular complexity index is 794. The van der Waals surface area contributed by atoms with Gasteiger partial charge in [-0.3, -0.25) is 0 Å². The Balaban J connectivity index is 0.00000132. The van der Waals surface area contributed by atoms with Crippen LogP contribution < -0.4 is 0 Å². The van der Waals surface area contributed by atoms with Crippen LogP contribution >= 0.6 is 0 Å². The van der Waals surface area contributed by atoms with Gasteiger partial charge in [0.05, 0.1) is 0 Å². The summed E-state index contributed by atoms with van der Waals surface area (Å²) in [6.07, 6.45) is 2.84. The predicted octanol–water partition coefficient (Wildman–Crippen LogP) is 4.43. The number of rotatable bonds is 1. The van der Waals surface area contributed by atoms with Crippen LogP contribution in [0.4, 0.5) is 0 Å². The van der Waals surface area contributed by atoms with E-state index in [1.807, 2.05) is 24.4 Å². The van der Waals surface area contributed by atoms with E-state index in [9.17, 15) is 0 Å². The van der Waals surface area contributed by atoms with Gasteiger partial charge < -0.3 is 4.98 Å². The fourth-order valence-corrected chi connectivity index (χ4v) is 2.94. The molecule has 1 aliphatic carbocycles. The molecule has 0 N–H and O–H groups in total. The molecule has 0 amide bonds. The van der Waals surface area contributed by atoms with Crippen molar-refractivity contribution in [3.05, 3.63) is 77.5 Å². The molecule has 1 heterocycles. The standard InChI is InChI=1S/C19H14N.Ir/c1-13-5-7-17-15(10-13)12-16-11-14(6-8-18(16)17)19-4-2-3-9-20-19;/h2-5,7-11H,12H2,1H3;/q-1;. The smallest absolute Gasteiger partial charge is 0.0160 e. The Hall–Kier alpha value is -1.76. The average Bonchev–Trinajstić information content (AvgIpc) is 2.84. The average molecular weight is 449 g/mol. The molecule has 0 fully saturated rings. The molecule has 1 aromatic heterocycles.